The first kappa shape index (κ1) is 24.5. The second-order valence-electron chi connectivity index (χ2n) is 8.76. The number of furan rings is 1. The number of aromatic nitrogens is 2. The number of carbonyl (C=O) groups is 1. The van der Waals surface area contributed by atoms with Crippen LogP contribution < -0.4 is 9.64 Å². The summed E-state index contributed by atoms with van der Waals surface area (Å²) >= 11 is 0. The van der Waals surface area contributed by atoms with E-state index in [-0.39, 0.29) is 5.91 Å². The molecule has 5 rings (SSSR count). The molecule has 3 heterocycles. The Kier molecular flexibility index (Phi) is 6.41. The molecule has 4 aromatic rings. The number of hydrogen-bond acceptors (Lipinski definition) is 5. The topological polar surface area (TPSA) is 63.7 Å². The fourth-order valence-electron chi connectivity index (χ4n) is 4.35. The van der Waals surface area contributed by atoms with Crippen molar-refractivity contribution in [1.82, 2.24) is 14.7 Å². The number of methoxy groups -OCH3 is 1. The van der Waals surface area contributed by atoms with E-state index in [1.54, 1.807) is 47.0 Å². The van der Waals surface area contributed by atoms with E-state index in [4.69, 9.17) is 9.15 Å². The molecule has 0 unspecified atom stereocenters. The average Bonchev–Trinajstić information content (AvgIpc) is 3.55. The molecule has 0 aliphatic carbocycles. The van der Waals surface area contributed by atoms with Crippen molar-refractivity contribution in [3.8, 4) is 22.9 Å². The predicted octanol–water partition coefficient (Wildman–Crippen LogP) is 5.43. The molecule has 0 radical (unpaired) electrons. The highest BCUT2D eigenvalue weighted by Crippen LogP contribution is 2.32. The number of nitrogens with zero attached hydrogens (tertiary/aromatic N) is 4. The summed E-state index contributed by atoms with van der Waals surface area (Å²) in [6.07, 6.45) is -4.40. The third-order valence-electron chi connectivity index (χ3n) is 6.34. The third-order valence-corrected chi connectivity index (χ3v) is 6.34. The molecule has 0 N–H and O–H groups in total. The van der Waals surface area contributed by atoms with Gasteiger partial charge in [-0.15, -0.1) is 0 Å². The SMILES string of the molecule is COc1ccc(-n2nc(-c3ccc(C)o3)cc2C(=O)N2CCN(c3cccc(C(F)(F)F)c3)CC2)cc1. The van der Waals surface area contributed by atoms with Crippen LogP contribution in [0, 0.1) is 6.92 Å². The molecular weight excluding hydrogens is 485 g/mol. The zero-order valence-corrected chi connectivity index (χ0v) is 20.3. The smallest absolute Gasteiger partial charge is 0.416 e. The maximum absolute atomic E-state index is 13.6. The molecule has 1 aliphatic heterocycles. The molecule has 2 aromatic heterocycles. The molecule has 7 nitrogen and oxygen atoms in total. The minimum Gasteiger partial charge on any atom is -0.497 e. The van der Waals surface area contributed by atoms with E-state index in [9.17, 15) is 18.0 Å². The number of aryl methyl sites for hydroxylation is 1. The number of piperazine rings is 1. The number of hydrogen-bond donors (Lipinski definition) is 0. The van der Waals surface area contributed by atoms with E-state index in [2.05, 4.69) is 5.10 Å². The van der Waals surface area contributed by atoms with Crippen molar-refractivity contribution in [3.63, 3.8) is 0 Å². The standard InChI is InChI=1S/C27H25F3N4O3/c1-18-6-11-25(37-18)23-17-24(34(31-23)20-7-9-22(36-2)10-8-20)26(35)33-14-12-32(13-15-33)21-5-3-4-19(16-21)27(28,29)30/h3-11,16-17H,12-15H2,1-2H3. The van der Waals surface area contributed by atoms with Gasteiger partial charge in [0.2, 0.25) is 0 Å². The number of benzene rings is 2. The van der Waals surface area contributed by atoms with Crippen molar-refractivity contribution < 1.29 is 27.1 Å². The highest BCUT2D eigenvalue weighted by Gasteiger charge is 2.32. The molecule has 1 amide bonds. The summed E-state index contributed by atoms with van der Waals surface area (Å²) in [6.45, 7) is 3.37. The van der Waals surface area contributed by atoms with Crippen molar-refractivity contribution >= 4 is 11.6 Å². The number of ether oxygens (including phenoxy) is 1. The molecule has 0 atom stereocenters. The van der Waals surface area contributed by atoms with Gasteiger partial charge in [-0.05, 0) is 61.5 Å². The molecule has 1 fully saturated rings. The maximum Gasteiger partial charge on any atom is 0.416 e. The predicted molar refractivity (Wildman–Crippen MR) is 132 cm³/mol. The summed E-state index contributed by atoms with van der Waals surface area (Å²) in [7, 11) is 1.58. The molecule has 2 aromatic carbocycles. The van der Waals surface area contributed by atoms with Crippen LogP contribution in [-0.2, 0) is 6.18 Å². The number of rotatable bonds is 5. The Morgan fingerprint density at radius 3 is 2.30 bits per heavy atom. The van der Waals surface area contributed by atoms with Gasteiger partial charge in [-0.25, -0.2) is 4.68 Å². The minimum absolute atomic E-state index is 0.221. The summed E-state index contributed by atoms with van der Waals surface area (Å²) in [5, 5.41) is 4.65. The molecule has 10 heteroatoms. The third kappa shape index (κ3) is 5.04. The summed E-state index contributed by atoms with van der Waals surface area (Å²) in [5.74, 6) is 1.73. The monoisotopic (exact) mass is 510 g/mol. The van der Waals surface area contributed by atoms with Crippen molar-refractivity contribution in [1.29, 1.82) is 0 Å². The van der Waals surface area contributed by atoms with Crippen LogP contribution in [0.2, 0.25) is 0 Å². The average molecular weight is 511 g/mol. The number of halogens is 3. The Labute approximate surface area is 211 Å². The van der Waals surface area contributed by atoms with E-state index < -0.39 is 11.7 Å². The maximum atomic E-state index is 13.6. The molecule has 1 saturated heterocycles. The minimum atomic E-state index is -4.40. The highest BCUT2D eigenvalue weighted by atomic mass is 19.4. The van der Waals surface area contributed by atoms with Crippen molar-refractivity contribution in [3.05, 3.63) is 83.7 Å². The van der Waals surface area contributed by atoms with Crippen LogP contribution in [0.1, 0.15) is 21.8 Å². The van der Waals surface area contributed by atoms with Gasteiger partial charge in [0.25, 0.3) is 5.91 Å². The highest BCUT2D eigenvalue weighted by molar-refractivity contribution is 5.94. The van der Waals surface area contributed by atoms with E-state index in [0.717, 1.165) is 17.9 Å². The largest absolute Gasteiger partial charge is 0.497 e. The van der Waals surface area contributed by atoms with Gasteiger partial charge < -0.3 is 19.0 Å². The zero-order valence-electron chi connectivity index (χ0n) is 20.3. The van der Waals surface area contributed by atoms with Crippen LogP contribution in [0.15, 0.2) is 71.1 Å². The molecule has 0 spiro atoms. The van der Waals surface area contributed by atoms with Crippen LogP contribution >= 0.6 is 0 Å². The van der Waals surface area contributed by atoms with Crippen LogP contribution in [0.5, 0.6) is 5.75 Å². The molecule has 37 heavy (non-hydrogen) atoms. The van der Waals surface area contributed by atoms with Gasteiger partial charge in [-0.2, -0.15) is 18.3 Å². The Morgan fingerprint density at radius 1 is 0.946 bits per heavy atom. The summed E-state index contributed by atoms with van der Waals surface area (Å²) < 4.78 is 52.0. The molecule has 192 valence electrons. The number of amides is 1. The lowest BCUT2D eigenvalue weighted by molar-refractivity contribution is -0.137. The fourth-order valence-corrected chi connectivity index (χ4v) is 4.35. The molecule has 0 saturated carbocycles. The normalized spacial score (nSPS) is 14.2. The number of carbonyl (C=O) groups excluding carboxylic acids is 1. The summed E-state index contributed by atoms with van der Waals surface area (Å²) in [4.78, 5) is 17.2. The lowest BCUT2D eigenvalue weighted by atomic mass is 10.1. The van der Waals surface area contributed by atoms with E-state index in [1.807, 2.05) is 30.0 Å². The zero-order chi connectivity index (χ0) is 26.2. The van der Waals surface area contributed by atoms with Crippen molar-refractivity contribution in [2.24, 2.45) is 0 Å². The molecular formula is C27H25F3N4O3. The van der Waals surface area contributed by atoms with Crippen molar-refractivity contribution in [2.75, 3.05) is 38.2 Å². The van der Waals surface area contributed by atoms with Crippen LogP contribution in [0.3, 0.4) is 0 Å². The Bertz CT molecular complexity index is 1400. The van der Waals surface area contributed by atoms with Crippen LogP contribution in [0.25, 0.3) is 17.1 Å². The second-order valence-corrected chi connectivity index (χ2v) is 8.76. The van der Waals surface area contributed by atoms with E-state index >= 15 is 0 Å². The van der Waals surface area contributed by atoms with Crippen LogP contribution in [-0.4, -0.2) is 53.9 Å². The Balaban J connectivity index is 1.39. The van der Waals surface area contributed by atoms with E-state index in [0.29, 0.717) is 60.5 Å². The quantitative estimate of drug-likeness (QED) is 0.358. The first-order valence-corrected chi connectivity index (χ1v) is 11.8. The molecule has 0 bridgehead atoms. The van der Waals surface area contributed by atoms with Crippen LogP contribution in [0.4, 0.5) is 18.9 Å². The summed E-state index contributed by atoms with van der Waals surface area (Å²) in [6, 6.07) is 17.8. The Morgan fingerprint density at radius 2 is 1.68 bits per heavy atom. The number of alkyl halides is 3. The van der Waals surface area contributed by atoms with Crippen molar-refractivity contribution in [2.45, 2.75) is 13.1 Å². The first-order valence-electron chi connectivity index (χ1n) is 11.8. The Hall–Kier alpha value is -4.21. The van der Waals surface area contributed by atoms with Gasteiger partial charge >= 0.3 is 6.18 Å². The lowest BCUT2D eigenvalue weighted by Gasteiger charge is -2.36. The second kappa shape index (κ2) is 9.68. The van der Waals surface area contributed by atoms with E-state index in [1.165, 1.54) is 6.07 Å². The summed E-state index contributed by atoms with van der Waals surface area (Å²) in [5.41, 5.74) is 1.37. The lowest BCUT2D eigenvalue weighted by Crippen LogP contribution is -2.49. The van der Waals surface area contributed by atoms with Gasteiger partial charge in [0.05, 0.1) is 18.4 Å². The van der Waals surface area contributed by atoms with Gasteiger partial charge in [0.1, 0.15) is 22.9 Å². The van der Waals surface area contributed by atoms with Gasteiger partial charge in [-0.3, -0.25) is 4.79 Å². The van der Waals surface area contributed by atoms with Gasteiger partial charge in [-0.1, -0.05) is 6.07 Å². The molecule has 1 aliphatic rings. The fraction of sp³-hybridized carbons (Fsp3) is 0.259. The van der Waals surface area contributed by atoms with Gasteiger partial charge in [0.15, 0.2) is 5.76 Å². The number of anilines is 1. The first-order chi connectivity index (χ1) is 17.7. The van der Waals surface area contributed by atoms with Gasteiger partial charge in [0, 0.05) is 37.9 Å².